The van der Waals surface area contributed by atoms with Crippen molar-refractivity contribution in [1.82, 2.24) is 20.3 Å². The molecule has 6 nitrogen and oxygen atoms in total. The minimum Gasteiger partial charge on any atom is -0.360 e. The van der Waals surface area contributed by atoms with Crippen molar-refractivity contribution in [3.8, 4) is 0 Å². The fourth-order valence-electron chi connectivity index (χ4n) is 3.73. The Morgan fingerprint density at radius 2 is 2.11 bits per heavy atom. The van der Waals surface area contributed by atoms with E-state index in [4.69, 9.17) is 4.52 Å². The van der Waals surface area contributed by atoms with Crippen molar-refractivity contribution in [1.29, 1.82) is 0 Å². The number of aryl methyl sites for hydroxylation is 3. The van der Waals surface area contributed by atoms with Gasteiger partial charge in [-0.15, -0.1) is 0 Å². The second-order valence-electron chi connectivity index (χ2n) is 8.56. The Hall–Kier alpha value is -1.63. The molecule has 7 heteroatoms. The number of carbonyl (C=O) groups is 1. The van der Waals surface area contributed by atoms with Crippen LogP contribution >= 0.6 is 15.9 Å². The number of rotatable bonds is 5. The maximum Gasteiger partial charge on any atom is 0.273 e. The molecule has 1 unspecified atom stereocenters. The molecule has 0 saturated heterocycles. The molecule has 0 spiro atoms. The molecule has 148 valence electrons. The SMILES string of the molecule is Cc1nn(CCCNC(=O)c2noc3c2CC(C(C)(C)C)CC3)c(C)c1Br. The fourth-order valence-corrected chi connectivity index (χ4v) is 4.01. The molecule has 0 saturated carbocycles. The number of halogens is 1. The number of nitrogens with one attached hydrogen (secondary N) is 1. The van der Waals surface area contributed by atoms with Gasteiger partial charge in [0.25, 0.3) is 5.91 Å². The van der Waals surface area contributed by atoms with E-state index >= 15 is 0 Å². The molecule has 0 bridgehead atoms. The van der Waals surface area contributed by atoms with Crippen molar-refractivity contribution in [3.05, 3.63) is 32.9 Å². The van der Waals surface area contributed by atoms with E-state index < -0.39 is 0 Å². The van der Waals surface area contributed by atoms with Gasteiger partial charge in [0.2, 0.25) is 0 Å². The predicted molar refractivity (Wildman–Crippen MR) is 108 cm³/mol. The smallest absolute Gasteiger partial charge is 0.273 e. The molecule has 1 aliphatic carbocycles. The lowest BCUT2D eigenvalue weighted by Crippen LogP contribution is -2.30. The molecule has 1 N–H and O–H groups in total. The molecule has 2 aromatic heterocycles. The van der Waals surface area contributed by atoms with Crippen LogP contribution in [0, 0.1) is 25.2 Å². The van der Waals surface area contributed by atoms with Crippen LogP contribution in [-0.4, -0.2) is 27.4 Å². The molecule has 1 atom stereocenters. The third-order valence-corrected chi connectivity index (χ3v) is 6.75. The van der Waals surface area contributed by atoms with Crippen LogP contribution in [0.1, 0.15) is 66.8 Å². The molecule has 1 amide bonds. The lowest BCUT2D eigenvalue weighted by molar-refractivity contribution is 0.0942. The lowest BCUT2D eigenvalue weighted by atomic mass is 9.71. The zero-order chi connectivity index (χ0) is 19.8. The van der Waals surface area contributed by atoms with Crippen LogP contribution in [0.3, 0.4) is 0 Å². The average Bonchev–Trinajstić information content (AvgIpc) is 3.14. The highest BCUT2D eigenvalue weighted by Gasteiger charge is 2.34. The van der Waals surface area contributed by atoms with E-state index in [-0.39, 0.29) is 11.3 Å². The number of fused-ring (bicyclic) bond motifs is 1. The quantitative estimate of drug-likeness (QED) is 0.711. The maximum atomic E-state index is 12.6. The molecule has 0 aromatic carbocycles. The first-order valence-electron chi connectivity index (χ1n) is 9.63. The molecule has 2 aromatic rings. The van der Waals surface area contributed by atoms with Gasteiger partial charge in [-0.1, -0.05) is 25.9 Å². The van der Waals surface area contributed by atoms with Gasteiger partial charge >= 0.3 is 0 Å². The van der Waals surface area contributed by atoms with E-state index in [0.29, 0.717) is 18.2 Å². The van der Waals surface area contributed by atoms with E-state index in [9.17, 15) is 4.79 Å². The maximum absolute atomic E-state index is 12.6. The molecule has 27 heavy (non-hydrogen) atoms. The second kappa shape index (κ2) is 7.78. The third-order valence-electron chi connectivity index (χ3n) is 5.61. The fraction of sp³-hybridized carbons (Fsp3) is 0.650. The summed E-state index contributed by atoms with van der Waals surface area (Å²) in [5.74, 6) is 1.29. The van der Waals surface area contributed by atoms with E-state index in [1.54, 1.807) is 0 Å². The Kier molecular flexibility index (Phi) is 5.79. The third kappa shape index (κ3) is 4.28. The van der Waals surface area contributed by atoms with Crippen molar-refractivity contribution in [2.45, 2.75) is 66.8 Å². The zero-order valence-electron chi connectivity index (χ0n) is 16.9. The summed E-state index contributed by atoms with van der Waals surface area (Å²) in [4.78, 5) is 12.6. The summed E-state index contributed by atoms with van der Waals surface area (Å²) in [6.45, 7) is 12.1. The van der Waals surface area contributed by atoms with Gasteiger partial charge in [0.05, 0.1) is 10.2 Å². The molecule has 2 heterocycles. The van der Waals surface area contributed by atoms with Crippen molar-refractivity contribution in [2.75, 3.05) is 6.54 Å². The predicted octanol–water partition coefficient (Wildman–Crippen LogP) is 4.22. The van der Waals surface area contributed by atoms with E-state index in [2.05, 4.69) is 52.3 Å². The van der Waals surface area contributed by atoms with Crippen LogP contribution in [0.5, 0.6) is 0 Å². The molecular formula is C20H29BrN4O2. The van der Waals surface area contributed by atoms with Gasteiger partial charge in [-0.3, -0.25) is 9.48 Å². The van der Waals surface area contributed by atoms with Crippen molar-refractivity contribution < 1.29 is 9.32 Å². The first kappa shape index (κ1) is 20.1. The molecule has 0 aliphatic heterocycles. The van der Waals surface area contributed by atoms with Crippen LogP contribution in [0.25, 0.3) is 0 Å². The van der Waals surface area contributed by atoms with E-state index in [1.165, 1.54) is 0 Å². The van der Waals surface area contributed by atoms with Gasteiger partial charge in [-0.05, 0) is 60.4 Å². The Bertz CT molecular complexity index is 832. The van der Waals surface area contributed by atoms with E-state index in [0.717, 1.165) is 59.4 Å². The van der Waals surface area contributed by atoms with Crippen LogP contribution in [-0.2, 0) is 19.4 Å². The van der Waals surface area contributed by atoms with Gasteiger partial charge in [-0.2, -0.15) is 5.10 Å². The highest BCUT2D eigenvalue weighted by atomic mass is 79.9. The summed E-state index contributed by atoms with van der Waals surface area (Å²) < 4.78 is 8.47. The number of hydrogen-bond donors (Lipinski definition) is 1. The van der Waals surface area contributed by atoms with Crippen LogP contribution in [0.15, 0.2) is 9.00 Å². The highest BCUT2D eigenvalue weighted by Crippen LogP contribution is 2.38. The van der Waals surface area contributed by atoms with Gasteiger partial charge in [0.1, 0.15) is 5.76 Å². The van der Waals surface area contributed by atoms with Crippen LogP contribution < -0.4 is 5.32 Å². The summed E-state index contributed by atoms with van der Waals surface area (Å²) in [5.41, 5.74) is 3.78. The first-order valence-corrected chi connectivity index (χ1v) is 10.4. The topological polar surface area (TPSA) is 73.0 Å². The minimum atomic E-state index is -0.135. The molecule has 3 rings (SSSR count). The summed E-state index contributed by atoms with van der Waals surface area (Å²) in [6, 6.07) is 0. The Morgan fingerprint density at radius 3 is 2.74 bits per heavy atom. The molecular weight excluding hydrogens is 408 g/mol. The minimum absolute atomic E-state index is 0.135. The molecule has 0 fully saturated rings. The average molecular weight is 437 g/mol. The summed E-state index contributed by atoms with van der Waals surface area (Å²) >= 11 is 3.54. The van der Waals surface area contributed by atoms with Crippen molar-refractivity contribution in [3.63, 3.8) is 0 Å². The number of amides is 1. The summed E-state index contributed by atoms with van der Waals surface area (Å²) in [5, 5.41) is 11.6. The van der Waals surface area contributed by atoms with Crippen LogP contribution in [0.2, 0.25) is 0 Å². The number of hydrogen-bond acceptors (Lipinski definition) is 4. The Morgan fingerprint density at radius 1 is 1.37 bits per heavy atom. The highest BCUT2D eigenvalue weighted by molar-refractivity contribution is 9.10. The number of nitrogens with zero attached hydrogens (tertiary/aromatic N) is 3. The van der Waals surface area contributed by atoms with Gasteiger partial charge in [0.15, 0.2) is 5.69 Å². The van der Waals surface area contributed by atoms with Crippen molar-refractivity contribution >= 4 is 21.8 Å². The second-order valence-corrected chi connectivity index (χ2v) is 9.35. The normalized spacial score (nSPS) is 17.0. The summed E-state index contributed by atoms with van der Waals surface area (Å²) in [6.07, 6.45) is 3.63. The number of carbonyl (C=O) groups excluding carboxylic acids is 1. The van der Waals surface area contributed by atoms with Crippen LogP contribution in [0.4, 0.5) is 0 Å². The largest absolute Gasteiger partial charge is 0.360 e. The van der Waals surface area contributed by atoms with Gasteiger partial charge in [0, 0.05) is 30.8 Å². The molecule has 0 radical (unpaired) electrons. The Balaban J connectivity index is 1.56. The van der Waals surface area contributed by atoms with Crippen molar-refractivity contribution in [2.24, 2.45) is 11.3 Å². The zero-order valence-corrected chi connectivity index (χ0v) is 18.4. The first-order chi connectivity index (χ1) is 12.7. The summed E-state index contributed by atoms with van der Waals surface area (Å²) in [7, 11) is 0. The standard InChI is InChI=1S/C20H29BrN4O2/c1-12-17(21)13(2)25(23-12)10-6-9-22-19(26)18-15-11-14(20(3,4)5)7-8-16(15)27-24-18/h14H,6-11H2,1-5H3,(H,22,26). The van der Waals surface area contributed by atoms with Gasteiger partial charge in [-0.25, -0.2) is 0 Å². The Labute approximate surface area is 169 Å². The monoisotopic (exact) mass is 436 g/mol. The lowest BCUT2D eigenvalue weighted by Gasteiger charge is -2.33. The molecule has 1 aliphatic rings. The van der Waals surface area contributed by atoms with Gasteiger partial charge < -0.3 is 9.84 Å². The number of aromatic nitrogens is 3. The van der Waals surface area contributed by atoms with E-state index in [1.807, 2.05) is 18.5 Å².